The summed E-state index contributed by atoms with van der Waals surface area (Å²) in [5.41, 5.74) is 1.49. The normalized spacial score (nSPS) is 18.6. The molecular weight excluding hydrogens is 269 g/mol. The Kier molecular flexibility index (Phi) is 3.97. The van der Waals surface area contributed by atoms with E-state index in [0.29, 0.717) is 18.7 Å². The van der Waals surface area contributed by atoms with Crippen molar-refractivity contribution in [2.24, 2.45) is 0 Å². The van der Waals surface area contributed by atoms with Crippen LogP contribution in [0.1, 0.15) is 28.3 Å². The molecule has 0 amide bonds. The van der Waals surface area contributed by atoms with Crippen LogP contribution in [-0.4, -0.2) is 24.1 Å². The van der Waals surface area contributed by atoms with Crippen LogP contribution >= 0.6 is 0 Å². The monoisotopic (exact) mass is 285 g/mol. The number of rotatable bonds is 3. The first kappa shape index (κ1) is 13.8. The van der Waals surface area contributed by atoms with Gasteiger partial charge in [0.05, 0.1) is 5.56 Å². The van der Waals surface area contributed by atoms with E-state index < -0.39 is 0 Å². The summed E-state index contributed by atoms with van der Waals surface area (Å²) in [6, 6.07) is 15.5. The van der Waals surface area contributed by atoms with Crippen LogP contribution in [0.3, 0.4) is 0 Å². The predicted molar refractivity (Wildman–Crippen MR) is 77.2 cm³/mol. The molecule has 2 aromatic rings. The average molecular weight is 285 g/mol. The van der Waals surface area contributed by atoms with Crippen LogP contribution in [-0.2, 0) is 4.84 Å². The SMILES string of the molecule is O=C(ON1CCC(c2cccc(F)c2)C1)c1ccccc1. The number of hydroxylamine groups is 2. The second-order valence-electron chi connectivity index (χ2n) is 5.17. The number of nitrogens with zero attached hydrogens (tertiary/aromatic N) is 1. The Morgan fingerprint density at radius 1 is 1.14 bits per heavy atom. The minimum Gasteiger partial charge on any atom is -0.364 e. The van der Waals surface area contributed by atoms with Crippen LogP contribution in [0.4, 0.5) is 4.39 Å². The summed E-state index contributed by atoms with van der Waals surface area (Å²) in [5, 5.41) is 1.66. The summed E-state index contributed by atoms with van der Waals surface area (Å²) in [4.78, 5) is 17.4. The van der Waals surface area contributed by atoms with E-state index in [9.17, 15) is 9.18 Å². The maximum absolute atomic E-state index is 13.3. The molecule has 0 N–H and O–H groups in total. The molecule has 0 bridgehead atoms. The molecule has 1 heterocycles. The van der Waals surface area contributed by atoms with Crippen LogP contribution in [0.2, 0.25) is 0 Å². The number of halogens is 1. The number of benzene rings is 2. The highest BCUT2D eigenvalue weighted by Gasteiger charge is 2.27. The van der Waals surface area contributed by atoms with Crippen LogP contribution in [0.5, 0.6) is 0 Å². The molecular formula is C17H16FNO2. The summed E-state index contributed by atoms with van der Waals surface area (Å²) >= 11 is 0. The van der Waals surface area contributed by atoms with Crippen molar-refractivity contribution in [2.45, 2.75) is 12.3 Å². The molecule has 4 heteroatoms. The van der Waals surface area contributed by atoms with E-state index in [-0.39, 0.29) is 17.7 Å². The fraction of sp³-hybridized carbons (Fsp3) is 0.235. The molecule has 1 unspecified atom stereocenters. The van der Waals surface area contributed by atoms with Crippen LogP contribution < -0.4 is 0 Å². The number of hydrogen-bond donors (Lipinski definition) is 0. The van der Waals surface area contributed by atoms with E-state index in [1.54, 1.807) is 41.5 Å². The van der Waals surface area contributed by atoms with Gasteiger partial charge in [-0.15, -0.1) is 5.06 Å². The van der Waals surface area contributed by atoms with Crippen molar-refractivity contribution in [3.8, 4) is 0 Å². The molecule has 1 aliphatic rings. The van der Waals surface area contributed by atoms with E-state index in [4.69, 9.17) is 4.84 Å². The average Bonchev–Trinajstić information content (AvgIpc) is 2.97. The van der Waals surface area contributed by atoms with Crippen LogP contribution in [0.25, 0.3) is 0 Å². The Bertz CT molecular complexity index is 630. The van der Waals surface area contributed by atoms with Gasteiger partial charge in [0.15, 0.2) is 0 Å². The second kappa shape index (κ2) is 6.06. The fourth-order valence-corrected chi connectivity index (χ4v) is 2.59. The maximum atomic E-state index is 13.3. The summed E-state index contributed by atoms with van der Waals surface area (Å²) in [6.07, 6.45) is 0.853. The summed E-state index contributed by atoms with van der Waals surface area (Å²) in [7, 11) is 0. The third-order valence-corrected chi connectivity index (χ3v) is 3.69. The zero-order valence-electron chi connectivity index (χ0n) is 11.5. The van der Waals surface area contributed by atoms with Crippen LogP contribution in [0, 0.1) is 5.82 Å². The van der Waals surface area contributed by atoms with E-state index >= 15 is 0 Å². The Labute approximate surface area is 122 Å². The highest BCUT2D eigenvalue weighted by atomic mass is 19.1. The third kappa shape index (κ3) is 3.28. The van der Waals surface area contributed by atoms with E-state index in [2.05, 4.69) is 0 Å². The standard InChI is InChI=1S/C17H16FNO2/c18-16-8-4-7-14(11-16)15-9-10-19(12-15)21-17(20)13-5-2-1-3-6-13/h1-8,11,15H,9-10,12H2. The number of carbonyl (C=O) groups excluding carboxylic acids is 1. The molecule has 0 aromatic heterocycles. The van der Waals surface area contributed by atoms with Gasteiger partial charge in [-0.3, -0.25) is 0 Å². The predicted octanol–water partition coefficient (Wildman–Crippen LogP) is 3.39. The first-order valence-corrected chi connectivity index (χ1v) is 7.00. The van der Waals surface area contributed by atoms with Crippen molar-refractivity contribution < 1.29 is 14.0 Å². The highest BCUT2D eigenvalue weighted by Crippen LogP contribution is 2.27. The van der Waals surface area contributed by atoms with Crippen molar-refractivity contribution in [2.75, 3.05) is 13.1 Å². The highest BCUT2D eigenvalue weighted by molar-refractivity contribution is 5.89. The first-order valence-electron chi connectivity index (χ1n) is 7.00. The van der Waals surface area contributed by atoms with Crippen molar-refractivity contribution in [3.05, 3.63) is 71.5 Å². The minimum atomic E-state index is -0.351. The molecule has 1 aliphatic heterocycles. The van der Waals surface area contributed by atoms with Crippen molar-refractivity contribution in [1.82, 2.24) is 5.06 Å². The van der Waals surface area contributed by atoms with Crippen molar-refractivity contribution in [3.63, 3.8) is 0 Å². The summed E-state index contributed by atoms with van der Waals surface area (Å²) < 4.78 is 13.3. The molecule has 0 saturated carbocycles. The lowest BCUT2D eigenvalue weighted by Crippen LogP contribution is -2.25. The van der Waals surface area contributed by atoms with E-state index in [1.165, 1.54) is 6.07 Å². The number of carbonyl (C=O) groups is 1. The van der Waals surface area contributed by atoms with Gasteiger partial charge in [0.1, 0.15) is 5.82 Å². The molecule has 1 atom stereocenters. The molecule has 108 valence electrons. The zero-order chi connectivity index (χ0) is 14.7. The maximum Gasteiger partial charge on any atom is 0.357 e. The first-order chi connectivity index (χ1) is 10.2. The Balaban J connectivity index is 1.61. The van der Waals surface area contributed by atoms with Gasteiger partial charge in [-0.25, -0.2) is 9.18 Å². The molecule has 3 rings (SSSR count). The second-order valence-corrected chi connectivity index (χ2v) is 5.17. The summed E-state index contributed by atoms with van der Waals surface area (Å²) in [5.74, 6) is -0.382. The largest absolute Gasteiger partial charge is 0.364 e. The lowest BCUT2D eigenvalue weighted by atomic mass is 9.99. The van der Waals surface area contributed by atoms with Gasteiger partial charge in [-0.1, -0.05) is 30.3 Å². The van der Waals surface area contributed by atoms with E-state index in [0.717, 1.165) is 12.0 Å². The Hall–Kier alpha value is -2.20. The Morgan fingerprint density at radius 3 is 2.71 bits per heavy atom. The van der Waals surface area contributed by atoms with Crippen molar-refractivity contribution in [1.29, 1.82) is 0 Å². The van der Waals surface area contributed by atoms with Crippen LogP contribution in [0.15, 0.2) is 54.6 Å². The molecule has 1 saturated heterocycles. The quantitative estimate of drug-likeness (QED) is 0.865. The smallest absolute Gasteiger partial charge is 0.357 e. The topological polar surface area (TPSA) is 29.5 Å². The Morgan fingerprint density at radius 2 is 1.95 bits per heavy atom. The molecule has 21 heavy (non-hydrogen) atoms. The fourth-order valence-electron chi connectivity index (χ4n) is 2.59. The molecule has 1 fully saturated rings. The van der Waals surface area contributed by atoms with E-state index in [1.807, 2.05) is 12.1 Å². The summed E-state index contributed by atoms with van der Waals surface area (Å²) in [6.45, 7) is 1.27. The zero-order valence-corrected chi connectivity index (χ0v) is 11.5. The number of hydrogen-bond acceptors (Lipinski definition) is 3. The lowest BCUT2D eigenvalue weighted by Gasteiger charge is -2.15. The van der Waals surface area contributed by atoms with Gasteiger partial charge in [-0.2, -0.15) is 0 Å². The molecule has 3 nitrogen and oxygen atoms in total. The minimum absolute atomic E-state index is 0.198. The van der Waals surface area contributed by atoms with Gasteiger partial charge in [0.2, 0.25) is 0 Å². The molecule has 2 aromatic carbocycles. The molecule has 0 aliphatic carbocycles. The van der Waals surface area contributed by atoms with Crippen molar-refractivity contribution >= 4 is 5.97 Å². The van der Waals surface area contributed by atoms with Gasteiger partial charge in [0, 0.05) is 19.0 Å². The van der Waals surface area contributed by atoms with Gasteiger partial charge in [0.25, 0.3) is 0 Å². The van der Waals surface area contributed by atoms with Gasteiger partial charge in [-0.05, 0) is 36.2 Å². The third-order valence-electron chi connectivity index (χ3n) is 3.69. The molecule has 0 radical (unpaired) electrons. The molecule has 0 spiro atoms. The van der Waals surface area contributed by atoms with Gasteiger partial charge >= 0.3 is 5.97 Å². The lowest BCUT2D eigenvalue weighted by molar-refractivity contribution is -0.0936. The van der Waals surface area contributed by atoms with Gasteiger partial charge < -0.3 is 4.84 Å².